The summed E-state index contributed by atoms with van der Waals surface area (Å²) < 4.78 is 14.7. The first kappa shape index (κ1) is 58.2. The highest BCUT2D eigenvalue weighted by Gasteiger charge is 2.52. The minimum Gasteiger partial charge on any atom is -0.459 e. The lowest BCUT2D eigenvalue weighted by atomic mass is 9.33. The highest BCUT2D eigenvalue weighted by molar-refractivity contribution is 6.93. The van der Waals surface area contributed by atoms with Crippen molar-refractivity contribution in [2.75, 3.05) is 9.80 Å². The number of hydrogen-bond donors (Lipinski definition) is 0. The number of para-hydroxylation sites is 2. The summed E-state index contributed by atoms with van der Waals surface area (Å²) in [6.45, 7) is 19.9. The fourth-order valence-electron chi connectivity index (χ4n) is 15.8. The molecule has 2 aliphatic heterocycles. The van der Waals surface area contributed by atoms with E-state index in [2.05, 4.69) is 362 Å². The largest absolute Gasteiger partial charge is 0.459 e. The maximum atomic E-state index is 7.35. The Balaban J connectivity index is 0.936. The molecule has 2 aliphatic carbocycles. The molecule has 454 valence electrons. The molecule has 0 N–H and O–H groups in total. The number of nitrogens with zero attached hydrogens (tertiary/aromatic N) is 2. The van der Waals surface area contributed by atoms with Gasteiger partial charge in [-0.3, -0.25) is 0 Å². The van der Waals surface area contributed by atoms with Crippen LogP contribution in [0.15, 0.2) is 327 Å². The lowest BCUT2D eigenvalue weighted by molar-refractivity contribution is 0.409. The molecule has 16 rings (SSSR count). The van der Waals surface area contributed by atoms with Crippen molar-refractivity contribution in [1.82, 2.24) is 0 Å². The van der Waals surface area contributed by atoms with Gasteiger partial charge in [-0.1, -0.05) is 254 Å². The quantitative estimate of drug-likeness (QED) is 0.121. The second-order valence-electron chi connectivity index (χ2n) is 27.5. The van der Waals surface area contributed by atoms with Crippen LogP contribution in [0.4, 0.5) is 34.1 Å². The predicted molar refractivity (Wildman–Crippen MR) is 392 cm³/mol. The molecule has 0 fully saturated rings. The zero-order valence-electron chi connectivity index (χ0n) is 54.4. The van der Waals surface area contributed by atoms with E-state index in [4.69, 9.17) is 9.47 Å². The van der Waals surface area contributed by atoms with E-state index < -0.39 is 10.8 Å². The third kappa shape index (κ3) is 9.11. The van der Waals surface area contributed by atoms with Gasteiger partial charge in [-0.15, -0.1) is 0 Å². The van der Waals surface area contributed by atoms with Crippen molar-refractivity contribution in [2.24, 2.45) is 0 Å². The molecular formula is C89H73BN2O2. The summed E-state index contributed by atoms with van der Waals surface area (Å²) in [4.78, 5) is 4.81. The summed E-state index contributed by atoms with van der Waals surface area (Å²) in [5.74, 6) is 3.05. The summed E-state index contributed by atoms with van der Waals surface area (Å²) in [6, 6.07) is 108. The molecule has 0 spiro atoms. The smallest absolute Gasteiger partial charge is 0.260 e. The first-order chi connectivity index (χ1) is 45.8. The second kappa shape index (κ2) is 22.5. The van der Waals surface area contributed by atoms with Gasteiger partial charge in [0.1, 0.15) is 23.0 Å². The number of fused-ring (bicyclic) bond motifs is 11. The molecule has 0 saturated carbocycles. The molecule has 4 aliphatic rings. The molecule has 12 aromatic rings. The highest BCUT2D eigenvalue weighted by Crippen LogP contribution is 2.61. The van der Waals surface area contributed by atoms with E-state index in [1.54, 1.807) is 0 Å². The monoisotopic (exact) mass is 1210 g/mol. The van der Waals surface area contributed by atoms with E-state index in [0.29, 0.717) is 5.76 Å². The predicted octanol–water partition coefficient (Wildman–Crippen LogP) is 21.2. The Morgan fingerprint density at radius 2 is 0.670 bits per heavy atom. The Kier molecular flexibility index (Phi) is 13.9. The SMILES string of the molecule is C=CC1=C2B(c3cc4c(cc3O1)-c1ccc(N(c3ccccc3)c3ccc(C(C)(C)C)cc3)cc1C4(c1ccccc1)c1ccccc1)c1cc3c(cc1O/C2=C/C)-c1ccc(N(c2ccccc2)c2ccc(C(C)(C)C)cc2)cc1C3(c1ccccc1)c1ccccc1. The van der Waals surface area contributed by atoms with Gasteiger partial charge in [0.05, 0.1) is 10.8 Å². The summed E-state index contributed by atoms with van der Waals surface area (Å²) >= 11 is 0. The minimum absolute atomic E-state index is 0.00479. The first-order valence-corrected chi connectivity index (χ1v) is 33.0. The molecule has 0 unspecified atom stereocenters. The second-order valence-corrected chi connectivity index (χ2v) is 27.5. The number of benzene rings is 12. The van der Waals surface area contributed by atoms with Gasteiger partial charge >= 0.3 is 0 Å². The van der Waals surface area contributed by atoms with E-state index in [9.17, 15) is 0 Å². The normalized spacial score (nSPS) is 14.9. The lowest BCUT2D eigenvalue weighted by Crippen LogP contribution is -2.52. The van der Waals surface area contributed by atoms with E-state index in [-0.39, 0.29) is 17.5 Å². The maximum absolute atomic E-state index is 7.35. The molecule has 0 amide bonds. The van der Waals surface area contributed by atoms with Crippen LogP contribution >= 0.6 is 0 Å². The van der Waals surface area contributed by atoms with Gasteiger partial charge in [0, 0.05) is 39.6 Å². The number of ether oxygens (including phenoxy) is 2. The van der Waals surface area contributed by atoms with Crippen LogP contribution in [0.2, 0.25) is 0 Å². The van der Waals surface area contributed by atoms with E-state index in [1.807, 2.05) is 6.08 Å². The van der Waals surface area contributed by atoms with E-state index in [0.717, 1.165) is 90.0 Å². The van der Waals surface area contributed by atoms with Crippen LogP contribution in [-0.4, -0.2) is 6.71 Å². The Labute approximate surface area is 554 Å². The van der Waals surface area contributed by atoms with Gasteiger partial charge in [-0.25, -0.2) is 0 Å². The van der Waals surface area contributed by atoms with Crippen molar-refractivity contribution in [3.05, 3.63) is 383 Å². The van der Waals surface area contributed by atoms with Crippen LogP contribution in [0, 0.1) is 0 Å². The van der Waals surface area contributed by atoms with Crippen LogP contribution in [0.25, 0.3) is 22.3 Å². The van der Waals surface area contributed by atoms with Gasteiger partial charge in [-0.05, 0) is 204 Å². The number of anilines is 6. The number of hydrogen-bond acceptors (Lipinski definition) is 4. The fraction of sp³-hybridized carbons (Fsp3) is 0.124. The molecule has 2 heterocycles. The Bertz CT molecular complexity index is 4890. The first-order valence-electron chi connectivity index (χ1n) is 33.0. The Morgan fingerprint density at radius 1 is 0.351 bits per heavy atom. The molecular weight excluding hydrogens is 1140 g/mol. The fourth-order valence-corrected chi connectivity index (χ4v) is 15.8. The van der Waals surface area contributed by atoms with Crippen molar-refractivity contribution in [3.8, 4) is 33.8 Å². The van der Waals surface area contributed by atoms with Crippen molar-refractivity contribution < 1.29 is 9.47 Å². The molecule has 94 heavy (non-hydrogen) atoms. The van der Waals surface area contributed by atoms with Crippen LogP contribution in [0.3, 0.4) is 0 Å². The molecule has 12 aromatic carbocycles. The maximum Gasteiger partial charge on any atom is 0.260 e. The molecule has 0 bridgehead atoms. The molecule has 0 atom stereocenters. The summed E-state index contributed by atoms with van der Waals surface area (Å²) in [5.41, 5.74) is 24.7. The van der Waals surface area contributed by atoms with E-state index in [1.165, 1.54) is 55.6 Å². The van der Waals surface area contributed by atoms with Crippen molar-refractivity contribution in [2.45, 2.75) is 70.1 Å². The van der Waals surface area contributed by atoms with Gasteiger partial charge < -0.3 is 19.3 Å². The third-order valence-corrected chi connectivity index (χ3v) is 20.2. The molecule has 5 heteroatoms. The van der Waals surface area contributed by atoms with Gasteiger partial charge in [-0.2, -0.15) is 0 Å². The lowest BCUT2D eigenvalue weighted by Gasteiger charge is -2.38. The number of allylic oxidation sites excluding steroid dienone is 3. The molecule has 0 aromatic heterocycles. The van der Waals surface area contributed by atoms with Crippen molar-refractivity contribution in [3.63, 3.8) is 0 Å². The summed E-state index contributed by atoms with van der Waals surface area (Å²) in [6.07, 6.45) is 3.97. The molecule has 4 nitrogen and oxygen atoms in total. The van der Waals surface area contributed by atoms with Crippen LogP contribution in [0.1, 0.15) is 104 Å². The summed E-state index contributed by atoms with van der Waals surface area (Å²) in [5, 5.41) is 0. The van der Waals surface area contributed by atoms with E-state index >= 15 is 0 Å². The zero-order valence-corrected chi connectivity index (χ0v) is 54.4. The van der Waals surface area contributed by atoms with Crippen molar-refractivity contribution in [1.29, 1.82) is 0 Å². The molecule has 0 saturated heterocycles. The van der Waals surface area contributed by atoms with Gasteiger partial charge in [0.25, 0.3) is 6.71 Å². The Hall–Kier alpha value is -10.9. The van der Waals surface area contributed by atoms with Crippen LogP contribution < -0.4 is 30.2 Å². The van der Waals surface area contributed by atoms with Crippen LogP contribution in [0.5, 0.6) is 11.5 Å². The molecule has 0 radical (unpaired) electrons. The van der Waals surface area contributed by atoms with Gasteiger partial charge in [0.15, 0.2) is 0 Å². The Morgan fingerprint density at radius 3 is 1.01 bits per heavy atom. The summed E-state index contributed by atoms with van der Waals surface area (Å²) in [7, 11) is 0. The topological polar surface area (TPSA) is 24.9 Å². The third-order valence-electron chi connectivity index (χ3n) is 20.2. The van der Waals surface area contributed by atoms with Gasteiger partial charge in [0.2, 0.25) is 0 Å². The van der Waals surface area contributed by atoms with Crippen molar-refractivity contribution >= 4 is 51.8 Å². The standard InChI is InChI=1S/C89H73BN2O2/c1-9-81-85-82(10-2)94-84-56-74-72-52-50-70(92(66-39-27-16-28-40-66)68-47-43-60(44-48-68)87(6,7)8)54-76(72)89(63-33-21-13-22-34-63,64-35-23-14-24-36-64)78(74)58-80(84)90(85)79-57-77-73(55-83(79)93-81)71-51-49-69(53-75(71)88(77,61-29-17-11-18-30-61)62-31-19-12-20-32-62)91(65-37-25-15-26-38-65)67-45-41-59(42-46-67)86(3,4)5/h9-58H,1H2,2-8H3/b82-10+. The highest BCUT2D eigenvalue weighted by atomic mass is 16.5. The average molecular weight is 1210 g/mol. The van der Waals surface area contributed by atoms with Crippen LogP contribution in [-0.2, 0) is 21.7 Å². The number of rotatable bonds is 11. The minimum atomic E-state index is -0.772. The average Bonchev–Trinajstić information content (AvgIpc) is 1.50. The zero-order chi connectivity index (χ0) is 64.1.